The van der Waals surface area contributed by atoms with E-state index in [1.807, 2.05) is 31.3 Å². The molecule has 0 fully saturated rings. The van der Waals surface area contributed by atoms with Gasteiger partial charge in [-0.25, -0.2) is 0 Å². The van der Waals surface area contributed by atoms with Gasteiger partial charge >= 0.3 is 0 Å². The summed E-state index contributed by atoms with van der Waals surface area (Å²) in [5.41, 5.74) is 8.59. The second kappa shape index (κ2) is 6.24. The second-order valence-electron chi connectivity index (χ2n) is 4.25. The van der Waals surface area contributed by atoms with E-state index in [9.17, 15) is 0 Å². The van der Waals surface area contributed by atoms with Crippen molar-refractivity contribution in [2.24, 2.45) is 5.73 Å². The van der Waals surface area contributed by atoms with Gasteiger partial charge in [-0.3, -0.25) is 9.97 Å². The largest absolute Gasteiger partial charge is 0.389 e. The number of hydrogen-bond acceptors (Lipinski definition) is 4. The van der Waals surface area contributed by atoms with Crippen molar-refractivity contribution in [3.05, 3.63) is 54.1 Å². The monoisotopic (exact) mass is 272 g/mol. The van der Waals surface area contributed by atoms with Crippen molar-refractivity contribution < 1.29 is 0 Å². The highest BCUT2D eigenvalue weighted by Crippen LogP contribution is 2.17. The lowest BCUT2D eigenvalue weighted by Gasteiger charge is -2.21. The van der Waals surface area contributed by atoms with Crippen LogP contribution in [-0.2, 0) is 6.42 Å². The van der Waals surface area contributed by atoms with Gasteiger partial charge in [0.25, 0.3) is 0 Å². The van der Waals surface area contributed by atoms with Crippen molar-refractivity contribution in [1.29, 1.82) is 0 Å². The second-order valence-corrected chi connectivity index (χ2v) is 4.69. The zero-order valence-electron chi connectivity index (χ0n) is 10.8. The first-order valence-electron chi connectivity index (χ1n) is 6.03. The maximum Gasteiger partial charge on any atom is 0.106 e. The Morgan fingerprint density at radius 2 is 2.16 bits per heavy atom. The van der Waals surface area contributed by atoms with Crippen LogP contribution in [0.3, 0.4) is 0 Å². The summed E-state index contributed by atoms with van der Waals surface area (Å²) in [6, 6.07) is 7.77. The Kier molecular flexibility index (Phi) is 4.41. The molecule has 4 nitrogen and oxygen atoms in total. The fourth-order valence-corrected chi connectivity index (χ4v) is 2.02. The van der Waals surface area contributed by atoms with Gasteiger partial charge in [0.1, 0.15) is 4.99 Å². The maximum absolute atomic E-state index is 5.72. The first-order chi connectivity index (χ1) is 9.18. The summed E-state index contributed by atoms with van der Waals surface area (Å²) < 4.78 is 0. The number of aromatic nitrogens is 2. The highest BCUT2D eigenvalue weighted by Gasteiger charge is 2.09. The first kappa shape index (κ1) is 13.4. The molecular formula is C14H16N4S. The van der Waals surface area contributed by atoms with E-state index in [0.29, 0.717) is 4.99 Å². The molecule has 0 saturated carbocycles. The minimum absolute atomic E-state index is 0.391. The number of thiocarbonyl (C=S) groups is 1. The molecule has 0 bridgehead atoms. The van der Waals surface area contributed by atoms with E-state index in [1.165, 1.54) is 0 Å². The molecule has 0 saturated heterocycles. The molecule has 0 aromatic carbocycles. The third-order valence-electron chi connectivity index (χ3n) is 2.91. The van der Waals surface area contributed by atoms with E-state index in [2.05, 4.69) is 14.9 Å². The van der Waals surface area contributed by atoms with Gasteiger partial charge in [-0.15, -0.1) is 0 Å². The minimum Gasteiger partial charge on any atom is -0.389 e. The molecule has 0 unspecified atom stereocenters. The molecule has 0 aliphatic carbocycles. The Hall–Kier alpha value is -2.01. The summed E-state index contributed by atoms with van der Waals surface area (Å²) in [5.74, 6) is 0. The number of pyridine rings is 2. The third-order valence-corrected chi connectivity index (χ3v) is 3.13. The quantitative estimate of drug-likeness (QED) is 0.841. The van der Waals surface area contributed by atoms with E-state index in [0.717, 1.165) is 29.9 Å². The van der Waals surface area contributed by atoms with Gasteiger partial charge in [0, 0.05) is 43.7 Å². The molecule has 2 aromatic heterocycles. The smallest absolute Gasteiger partial charge is 0.106 e. The van der Waals surface area contributed by atoms with Gasteiger partial charge < -0.3 is 10.6 Å². The van der Waals surface area contributed by atoms with Gasteiger partial charge in [0.05, 0.1) is 11.9 Å². The Morgan fingerprint density at radius 3 is 2.84 bits per heavy atom. The molecule has 2 N–H and O–H groups in total. The Balaban J connectivity index is 2.08. The summed E-state index contributed by atoms with van der Waals surface area (Å²) in [6.45, 7) is 0.832. The van der Waals surface area contributed by atoms with Crippen LogP contribution in [-0.4, -0.2) is 28.5 Å². The average Bonchev–Trinajstić information content (AvgIpc) is 2.46. The van der Waals surface area contributed by atoms with E-state index >= 15 is 0 Å². The summed E-state index contributed by atoms with van der Waals surface area (Å²) in [7, 11) is 2.00. The number of nitrogens with two attached hydrogens (primary N) is 1. The Morgan fingerprint density at radius 1 is 1.32 bits per heavy atom. The van der Waals surface area contributed by atoms with Gasteiger partial charge in [0.15, 0.2) is 0 Å². The van der Waals surface area contributed by atoms with Crippen molar-refractivity contribution in [2.45, 2.75) is 6.42 Å². The molecule has 98 valence electrons. The summed E-state index contributed by atoms with van der Waals surface area (Å²) >= 11 is 5.06. The predicted octanol–water partition coefficient (Wildman–Crippen LogP) is 1.79. The zero-order valence-corrected chi connectivity index (χ0v) is 11.6. The fourth-order valence-electron chi connectivity index (χ4n) is 1.85. The topological polar surface area (TPSA) is 55.0 Å². The number of hydrogen-bond donors (Lipinski definition) is 1. The van der Waals surface area contributed by atoms with Crippen molar-refractivity contribution in [1.82, 2.24) is 9.97 Å². The van der Waals surface area contributed by atoms with Crippen LogP contribution in [0.15, 0.2) is 42.9 Å². The lowest BCUT2D eigenvalue weighted by atomic mass is 10.2. The number of anilines is 1. The number of nitrogens with zero attached hydrogens (tertiary/aromatic N) is 3. The molecule has 19 heavy (non-hydrogen) atoms. The van der Waals surface area contributed by atoms with Crippen LogP contribution in [0.4, 0.5) is 5.69 Å². The predicted molar refractivity (Wildman–Crippen MR) is 81.3 cm³/mol. The fraction of sp³-hybridized carbons (Fsp3) is 0.214. The standard InChI is InChI=1S/C14H16N4S/c1-18(9-6-11-4-2-3-7-17-11)13-10-16-8-5-12(13)14(15)19/h2-5,7-8,10H,6,9H2,1H3,(H2,15,19). The van der Waals surface area contributed by atoms with Gasteiger partial charge in [0.2, 0.25) is 0 Å². The maximum atomic E-state index is 5.72. The van der Waals surface area contributed by atoms with Crippen LogP contribution in [0.25, 0.3) is 0 Å². The molecule has 0 aliphatic heterocycles. The van der Waals surface area contributed by atoms with Crippen molar-refractivity contribution in [2.75, 3.05) is 18.5 Å². The van der Waals surface area contributed by atoms with Gasteiger partial charge in [-0.05, 0) is 18.2 Å². The molecular weight excluding hydrogens is 256 g/mol. The highest BCUT2D eigenvalue weighted by atomic mass is 32.1. The van der Waals surface area contributed by atoms with E-state index in [4.69, 9.17) is 18.0 Å². The molecule has 2 rings (SSSR count). The normalized spacial score (nSPS) is 10.2. The Labute approximate surface area is 118 Å². The lowest BCUT2D eigenvalue weighted by Crippen LogP contribution is -2.24. The third kappa shape index (κ3) is 3.48. The van der Waals surface area contributed by atoms with Crippen molar-refractivity contribution >= 4 is 22.9 Å². The van der Waals surface area contributed by atoms with E-state index in [1.54, 1.807) is 18.6 Å². The molecule has 0 atom stereocenters. The van der Waals surface area contributed by atoms with E-state index in [-0.39, 0.29) is 0 Å². The van der Waals surface area contributed by atoms with Crippen molar-refractivity contribution in [3.63, 3.8) is 0 Å². The zero-order chi connectivity index (χ0) is 13.7. The molecule has 0 radical (unpaired) electrons. The molecule has 0 aliphatic rings. The van der Waals surface area contributed by atoms with Crippen LogP contribution in [0.2, 0.25) is 0 Å². The average molecular weight is 272 g/mol. The SMILES string of the molecule is CN(CCc1ccccn1)c1cnccc1C(N)=S. The molecule has 2 heterocycles. The highest BCUT2D eigenvalue weighted by molar-refractivity contribution is 7.80. The molecule has 5 heteroatoms. The first-order valence-corrected chi connectivity index (χ1v) is 6.44. The van der Waals surface area contributed by atoms with Crippen LogP contribution in [0.5, 0.6) is 0 Å². The summed E-state index contributed by atoms with van der Waals surface area (Å²) in [6.07, 6.45) is 6.15. The summed E-state index contributed by atoms with van der Waals surface area (Å²) in [5, 5.41) is 0. The van der Waals surface area contributed by atoms with Crippen LogP contribution >= 0.6 is 12.2 Å². The van der Waals surface area contributed by atoms with Gasteiger partial charge in [-0.1, -0.05) is 18.3 Å². The lowest BCUT2D eigenvalue weighted by molar-refractivity contribution is 0.849. The van der Waals surface area contributed by atoms with Crippen LogP contribution < -0.4 is 10.6 Å². The minimum atomic E-state index is 0.391. The summed E-state index contributed by atoms with van der Waals surface area (Å²) in [4.78, 5) is 10.9. The molecule has 0 spiro atoms. The number of likely N-dealkylation sites (N-methyl/N-ethyl adjacent to an activating group) is 1. The van der Waals surface area contributed by atoms with Crippen molar-refractivity contribution in [3.8, 4) is 0 Å². The van der Waals surface area contributed by atoms with E-state index < -0.39 is 0 Å². The molecule has 2 aromatic rings. The van der Waals surface area contributed by atoms with Crippen LogP contribution in [0.1, 0.15) is 11.3 Å². The van der Waals surface area contributed by atoms with Crippen LogP contribution in [0, 0.1) is 0 Å². The van der Waals surface area contributed by atoms with Gasteiger partial charge in [-0.2, -0.15) is 0 Å². The molecule has 0 amide bonds. The Bertz CT molecular complexity index is 556. The number of rotatable bonds is 5.